The van der Waals surface area contributed by atoms with Gasteiger partial charge in [0.15, 0.2) is 0 Å². The van der Waals surface area contributed by atoms with Gasteiger partial charge >= 0.3 is 11.9 Å². The number of aromatic hydroxyl groups is 2. The fraction of sp³-hybridized carbons (Fsp3) is 0.300. The Labute approximate surface area is 186 Å². The van der Waals surface area contributed by atoms with E-state index in [0.29, 0.717) is 11.1 Å². The Morgan fingerprint density at radius 2 is 1.00 bits per heavy atom. The van der Waals surface area contributed by atoms with Crippen molar-refractivity contribution in [2.75, 3.05) is 26.2 Å². The number of hydrogen-bond donors (Lipinski definition) is 4. The van der Waals surface area contributed by atoms with Crippen LogP contribution in [0.5, 0.6) is 11.5 Å². The minimum atomic E-state index is -1.01. The average molecular weight is 461 g/mol. The fourth-order valence-electron chi connectivity index (χ4n) is 2.86. The number of benzene rings is 2. The summed E-state index contributed by atoms with van der Waals surface area (Å²) in [4.78, 5) is 25.6. The number of aliphatic carboxylic acids is 2. The standard InChI is InChI=1S/C20H24N2O6.ClH.2H2O/c23-17-7-3-1-5-15(17)11-21(13-19(25)26)9-10-22(14-20(27)28)12-16-6-2-4-8-18(16)24;;;/h1-8,23-24H,9-14H2,(H,25,26)(H,27,28);1H;2*1H2. The van der Waals surface area contributed by atoms with E-state index in [4.69, 9.17) is 10.2 Å². The van der Waals surface area contributed by atoms with E-state index in [0.717, 1.165) is 0 Å². The summed E-state index contributed by atoms with van der Waals surface area (Å²) in [6.07, 6.45) is 0. The van der Waals surface area contributed by atoms with Crippen molar-refractivity contribution in [1.29, 1.82) is 0 Å². The van der Waals surface area contributed by atoms with Crippen molar-refractivity contribution in [3.63, 3.8) is 0 Å². The lowest BCUT2D eigenvalue weighted by Gasteiger charge is -2.26. The van der Waals surface area contributed by atoms with Crippen molar-refractivity contribution in [2.45, 2.75) is 13.1 Å². The average Bonchev–Trinajstić information content (AvgIpc) is 2.62. The van der Waals surface area contributed by atoms with Crippen LogP contribution in [-0.4, -0.2) is 79.3 Å². The Hall–Kier alpha value is -2.89. The molecule has 8 N–H and O–H groups in total. The fourth-order valence-corrected chi connectivity index (χ4v) is 2.86. The zero-order chi connectivity index (χ0) is 20.5. The van der Waals surface area contributed by atoms with E-state index in [2.05, 4.69) is 0 Å². The van der Waals surface area contributed by atoms with Crippen LogP contribution in [0.1, 0.15) is 11.1 Å². The molecule has 0 amide bonds. The van der Waals surface area contributed by atoms with Gasteiger partial charge in [0, 0.05) is 37.3 Å². The predicted molar refractivity (Wildman–Crippen MR) is 117 cm³/mol. The van der Waals surface area contributed by atoms with Crippen LogP contribution in [0.15, 0.2) is 48.5 Å². The first-order chi connectivity index (χ1) is 13.3. The molecule has 0 heterocycles. The molecule has 0 saturated heterocycles. The number of para-hydroxylation sites is 2. The van der Waals surface area contributed by atoms with Gasteiger partial charge in [-0.3, -0.25) is 19.4 Å². The van der Waals surface area contributed by atoms with Crippen LogP contribution < -0.4 is 0 Å². The summed E-state index contributed by atoms with van der Waals surface area (Å²) < 4.78 is 0. The van der Waals surface area contributed by atoms with Gasteiger partial charge in [0.2, 0.25) is 0 Å². The maximum Gasteiger partial charge on any atom is 0.317 e. The second kappa shape index (κ2) is 15.0. The summed E-state index contributed by atoms with van der Waals surface area (Å²) in [6, 6.07) is 13.4. The van der Waals surface area contributed by atoms with E-state index in [1.165, 1.54) is 12.1 Å². The highest BCUT2D eigenvalue weighted by molar-refractivity contribution is 5.85. The Balaban J connectivity index is 0. The van der Waals surface area contributed by atoms with Crippen molar-refractivity contribution >= 4 is 24.3 Å². The summed E-state index contributed by atoms with van der Waals surface area (Å²) >= 11 is 0. The highest BCUT2D eigenvalue weighted by Crippen LogP contribution is 2.19. The molecule has 0 aliphatic heterocycles. The molecule has 0 aliphatic rings. The minimum absolute atomic E-state index is 0. The van der Waals surface area contributed by atoms with Crippen LogP contribution in [0.25, 0.3) is 0 Å². The van der Waals surface area contributed by atoms with Crippen LogP contribution >= 0.6 is 12.4 Å². The normalized spacial score (nSPS) is 10.0. The van der Waals surface area contributed by atoms with E-state index >= 15 is 0 Å². The third-order valence-electron chi connectivity index (χ3n) is 4.22. The second-order valence-corrected chi connectivity index (χ2v) is 6.47. The quantitative estimate of drug-likeness (QED) is 0.369. The zero-order valence-corrected chi connectivity index (χ0v) is 17.6. The SMILES string of the molecule is Cl.O.O.O=C(O)CN(CCN(CC(=O)O)Cc1ccccc1O)Cc1ccccc1O. The van der Waals surface area contributed by atoms with Gasteiger partial charge in [-0.1, -0.05) is 36.4 Å². The number of halogens is 1. The van der Waals surface area contributed by atoms with Gasteiger partial charge in [0.1, 0.15) is 11.5 Å². The van der Waals surface area contributed by atoms with E-state index in [1.54, 1.807) is 46.2 Å². The smallest absolute Gasteiger partial charge is 0.317 e. The highest BCUT2D eigenvalue weighted by Gasteiger charge is 2.17. The Morgan fingerprint density at radius 3 is 1.29 bits per heavy atom. The largest absolute Gasteiger partial charge is 0.508 e. The van der Waals surface area contributed by atoms with Crippen LogP contribution in [0.2, 0.25) is 0 Å². The lowest BCUT2D eigenvalue weighted by Crippen LogP contribution is -2.39. The molecule has 2 rings (SSSR count). The molecule has 0 atom stereocenters. The van der Waals surface area contributed by atoms with E-state index < -0.39 is 11.9 Å². The van der Waals surface area contributed by atoms with Crippen LogP contribution in [-0.2, 0) is 22.7 Å². The highest BCUT2D eigenvalue weighted by atomic mass is 35.5. The summed E-state index contributed by atoms with van der Waals surface area (Å²) in [5.74, 6) is -1.87. The molecule has 0 spiro atoms. The van der Waals surface area contributed by atoms with Gasteiger partial charge in [-0.2, -0.15) is 0 Å². The molecule has 0 unspecified atom stereocenters. The first-order valence-electron chi connectivity index (χ1n) is 8.77. The summed E-state index contributed by atoms with van der Waals surface area (Å²) in [5, 5.41) is 38.2. The molecule has 31 heavy (non-hydrogen) atoms. The minimum Gasteiger partial charge on any atom is -0.508 e. The number of phenolic OH excluding ortho intramolecular Hbond substituents is 2. The number of carboxylic acid groups (broad SMARTS) is 2. The Morgan fingerprint density at radius 1 is 0.677 bits per heavy atom. The number of phenols is 2. The van der Waals surface area contributed by atoms with Gasteiger partial charge in [-0.05, 0) is 12.1 Å². The molecule has 0 fully saturated rings. The molecule has 2 aromatic carbocycles. The van der Waals surface area contributed by atoms with Crippen molar-refractivity contribution in [1.82, 2.24) is 9.80 Å². The van der Waals surface area contributed by atoms with Crippen LogP contribution in [0, 0.1) is 0 Å². The molecule has 0 aromatic heterocycles. The van der Waals surface area contributed by atoms with Crippen LogP contribution in [0.3, 0.4) is 0 Å². The zero-order valence-electron chi connectivity index (χ0n) is 16.8. The van der Waals surface area contributed by atoms with Crippen molar-refractivity contribution in [3.05, 3.63) is 59.7 Å². The monoisotopic (exact) mass is 460 g/mol. The van der Waals surface area contributed by atoms with E-state index in [1.807, 2.05) is 0 Å². The topological polar surface area (TPSA) is 185 Å². The molecule has 174 valence electrons. The molecule has 0 radical (unpaired) electrons. The summed E-state index contributed by atoms with van der Waals surface area (Å²) in [5.41, 5.74) is 1.18. The summed E-state index contributed by atoms with van der Waals surface area (Å²) in [7, 11) is 0. The van der Waals surface area contributed by atoms with Crippen molar-refractivity contribution in [3.8, 4) is 11.5 Å². The molecule has 0 saturated carbocycles. The number of carboxylic acids is 2. The first kappa shape index (κ1) is 30.3. The summed E-state index contributed by atoms with van der Waals surface area (Å²) in [6.45, 7) is 0.508. The number of hydrogen-bond acceptors (Lipinski definition) is 6. The van der Waals surface area contributed by atoms with Crippen molar-refractivity contribution in [2.24, 2.45) is 0 Å². The number of rotatable bonds is 11. The van der Waals surface area contributed by atoms with E-state index in [-0.39, 0.29) is 74.1 Å². The number of carbonyl (C=O) groups is 2. The molecular weight excluding hydrogens is 432 g/mol. The van der Waals surface area contributed by atoms with Gasteiger partial charge in [0.05, 0.1) is 13.1 Å². The maximum absolute atomic E-state index is 11.2. The third-order valence-corrected chi connectivity index (χ3v) is 4.22. The molecule has 0 bridgehead atoms. The van der Waals surface area contributed by atoms with Gasteiger partial charge in [0.25, 0.3) is 0 Å². The maximum atomic E-state index is 11.2. The third kappa shape index (κ3) is 10.6. The molecule has 2 aromatic rings. The van der Waals surface area contributed by atoms with Crippen LogP contribution in [0.4, 0.5) is 0 Å². The predicted octanol–water partition coefficient (Wildman–Crippen LogP) is 0.344. The molecule has 11 heteroatoms. The molecule has 10 nitrogen and oxygen atoms in total. The van der Waals surface area contributed by atoms with E-state index in [9.17, 15) is 19.8 Å². The Bertz CT molecular complexity index is 754. The second-order valence-electron chi connectivity index (χ2n) is 6.47. The van der Waals surface area contributed by atoms with Gasteiger partial charge in [-0.15, -0.1) is 12.4 Å². The Kier molecular flexibility index (Phi) is 14.7. The molecule has 0 aliphatic carbocycles. The first-order valence-corrected chi connectivity index (χ1v) is 8.77. The lowest BCUT2D eigenvalue weighted by molar-refractivity contribution is -0.140. The van der Waals surface area contributed by atoms with Gasteiger partial charge < -0.3 is 31.4 Å². The van der Waals surface area contributed by atoms with Gasteiger partial charge in [-0.25, -0.2) is 0 Å². The number of nitrogens with zero attached hydrogens (tertiary/aromatic N) is 2. The van der Waals surface area contributed by atoms with Crippen molar-refractivity contribution < 1.29 is 41.0 Å². The molecular formula is C20H29ClN2O8. The lowest BCUT2D eigenvalue weighted by atomic mass is 10.1.